The molecule has 6 nitrogen and oxygen atoms in total. The molecule has 0 aromatic carbocycles. The Labute approximate surface area is 127 Å². The number of nitrogens with one attached hydrogen (secondary N) is 2. The molecule has 21 heavy (non-hydrogen) atoms. The first-order valence-corrected chi connectivity index (χ1v) is 7.71. The van der Waals surface area contributed by atoms with Gasteiger partial charge in [-0.25, -0.2) is 9.97 Å². The van der Waals surface area contributed by atoms with Crippen LogP contribution >= 0.6 is 0 Å². The maximum Gasteiger partial charge on any atom is 0.224 e. The first kappa shape index (κ1) is 17.2. The van der Waals surface area contributed by atoms with Crippen LogP contribution in [0.4, 0.5) is 11.6 Å². The predicted octanol–water partition coefficient (Wildman–Crippen LogP) is 2.28. The Kier molecular flexibility index (Phi) is 7.50. The SMILES string of the molecule is CCCNc1ncnc(NCCC(=O)N(CC)CC)c1C. The number of anilines is 2. The second kappa shape index (κ2) is 9.15. The predicted molar refractivity (Wildman–Crippen MR) is 86.6 cm³/mol. The molecule has 0 aliphatic rings. The van der Waals surface area contributed by atoms with Crippen molar-refractivity contribution in [3.05, 3.63) is 11.9 Å². The molecule has 1 aromatic rings. The van der Waals surface area contributed by atoms with Crippen LogP contribution in [0.15, 0.2) is 6.33 Å². The van der Waals surface area contributed by atoms with Gasteiger partial charge in [-0.05, 0) is 27.2 Å². The van der Waals surface area contributed by atoms with E-state index in [9.17, 15) is 4.79 Å². The third-order valence-electron chi connectivity index (χ3n) is 3.37. The molecule has 118 valence electrons. The van der Waals surface area contributed by atoms with Gasteiger partial charge in [0.2, 0.25) is 5.91 Å². The molecule has 1 aromatic heterocycles. The lowest BCUT2D eigenvalue weighted by Crippen LogP contribution is -2.31. The van der Waals surface area contributed by atoms with Crippen molar-refractivity contribution in [3.63, 3.8) is 0 Å². The Morgan fingerprint density at radius 1 is 1.10 bits per heavy atom. The Morgan fingerprint density at radius 3 is 2.19 bits per heavy atom. The number of amides is 1. The van der Waals surface area contributed by atoms with Crippen molar-refractivity contribution in [1.29, 1.82) is 0 Å². The topological polar surface area (TPSA) is 70.1 Å². The van der Waals surface area contributed by atoms with E-state index in [0.717, 1.165) is 43.3 Å². The monoisotopic (exact) mass is 293 g/mol. The first-order valence-electron chi connectivity index (χ1n) is 7.71. The fourth-order valence-corrected chi connectivity index (χ4v) is 2.07. The number of hydrogen-bond acceptors (Lipinski definition) is 5. The minimum Gasteiger partial charge on any atom is -0.370 e. The van der Waals surface area contributed by atoms with Gasteiger partial charge in [0.1, 0.15) is 18.0 Å². The average Bonchev–Trinajstić information content (AvgIpc) is 2.49. The fourth-order valence-electron chi connectivity index (χ4n) is 2.07. The van der Waals surface area contributed by atoms with Gasteiger partial charge < -0.3 is 15.5 Å². The van der Waals surface area contributed by atoms with Gasteiger partial charge in [-0.15, -0.1) is 0 Å². The maximum absolute atomic E-state index is 11.9. The van der Waals surface area contributed by atoms with E-state index >= 15 is 0 Å². The highest BCUT2D eigenvalue weighted by molar-refractivity contribution is 5.76. The third kappa shape index (κ3) is 5.21. The van der Waals surface area contributed by atoms with E-state index < -0.39 is 0 Å². The van der Waals surface area contributed by atoms with Crippen LogP contribution in [0.5, 0.6) is 0 Å². The van der Waals surface area contributed by atoms with E-state index in [0.29, 0.717) is 13.0 Å². The normalized spacial score (nSPS) is 10.3. The summed E-state index contributed by atoms with van der Waals surface area (Å²) >= 11 is 0. The summed E-state index contributed by atoms with van der Waals surface area (Å²) in [6.07, 6.45) is 3.06. The standard InChI is InChI=1S/C15H27N5O/c1-5-9-16-14-12(4)15(19-11-18-14)17-10-8-13(21)20(6-2)7-3/h11H,5-10H2,1-4H3,(H2,16,17,18,19). The first-order chi connectivity index (χ1) is 10.1. The molecule has 0 spiro atoms. The van der Waals surface area contributed by atoms with Crippen LogP contribution in [-0.2, 0) is 4.79 Å². The van der Waals surface area contributed by atoms with E-state index in [4.69, 9.17) is 0 Å². The third-order valence-corrected chi connectivity index (χ3v) is 3.37. The number of nitrogens with zero attached hydrogens (tertiary/aromatic N) is 3. The van der Waals surface area contributed by atoms with Gasteiger partial charge >= 0.3 is 0 Å². The fraction of sp³-hybridized carbons (Fsp3) is 0.667. The van der Waals surface area contributed by atoms with Gasteiger partial charge in [0.15, 0.2) is 0 Å². The van der Waals surface area contributed by atoms with Crippen LogP contribution in [0.25, 0.3) is 0 Å². The zero-order chi connectivity index (χ0) is 15.7. The molecular weight excluding hydrogens is 266 g/mol. The average molecular weight is 293 g/mol. The zero-order valence-electron chi connectivity index (χ0n) is 13.6. The van der Waals surface area contributed by atoms with Crippen LogP contribution in [0.2, 0.25) is 0 Å². The van der Waals surface area contributed by atoms with Crippen LogP contribution in [0.3, 0.4) is 0 Å². The Bertz CT molecular complexity index is 446. The van der Waals surface area contributed by atoms with Crippen molar-refractivity contribution in [3.8, 4) is 0 Å². The van der Waals surface area contributed by atoms with Gasteiger partial charge in [-0.2, -0.15) is 0 Å². The van der Waals surface area contributed by atoms with Gasteiger partial charge in [-0.3, -0.25) is 4.79 Å². The van der Waals surface area contributed by atoms with E-state index in [1.165, 1.54) is 0 Å². The number of rotatable bonds is 9. The van der Waals surface area contributed by atoms with E-state index in [2.05, 4.69) is 27.5 Å². The van der Waals surface area contributed by atoms with Crippen molar-refractivity contribution in [1.82, 2.24) is 14.9 Å². The lowest BCUT2D eigenvalue weighted by molar-refractivity contribution is -0.130. The molecule has 0 radical (unpaired) electrons. The molecular formula is C15H27N5O. The molecule has 0 saturated carbocycles. The molecule has 1 heterocycles. The Balaban J connectivity index is 2.54. The lowest BCUT2D eigenvalue weighted by Gasteiger charge is -2.19. The number of carbonyl (C=O) groups excluding carboxylic acids is 1. The largest absolute Gasteiger partial charge is 0.370 e. The van der Waals surface area contributed by atoms with Crippen molar-refractivity contribution in [2.45, 2.75) is 40.5 Å². The van der Waals surface area contributed by atoms with Gasteiger partial charge in [0, 0.05) is 38.2 Å². The smallest absolute Gasteiger partial charge is 0.224 e. The molecule has 0 aliphatic carbocycles. The number of aromatic nitrogens is 2. The van der Waals surface area contributed by atoms with Crippen LogP contribution in [0.1, 0.15) is 39.2 Å². The molecule has 0 saturated heterocycles. The van der Waals surface area contributed by atoms with Crippen molar-refractivity contribution < 1.29 is 4.79 Å². The summed E-state index contributed by atoms with van der Waals surface area (Å²) in [6, 6.07) is 0. The molecule has 0 fully saturated rings. The van der Waals surface area contributed by atoms with Crippen molar-refractivity contribution in [2.75, 3.05) is 36.8 Å². The summed E-state index contributed by atoms with van der Waals surface area (Å²) in [4.78, 5) is 22.2. The van der Waals surface area contributed by atoms with Crippen molar-refractivity contribution in [2.24, 2.45) is 0 Å². The highest BCUT2D eigenvalue weighted by Crippen LogP contribution is 2.17. The van der Waals surface area contributed by atoms with Crippen molar-refractivity contribution >= 4 is 17.5 Å². The summed E-state index contributed by atoms with van der Waals surface area (Å²) in [5, 5.41) is 6.50. The van der Waals surface area contributed by atoms with Crippen LogP contribution < -0.4 is 10.6 Å². The van der Waals surface area contributed by atoms with E-state index in [1.54, 1.807) is 6.33 Å². The van der Waals surface area contributed by atoms with Crippen LogP contribution in [-0.4, -0.2) is 47.0 Å². The maximum atomic E-state index is 11.9. The minimum atomic E-state index is 0.170. The quantitative estimate of drug-likeness (QED) is 0.731. The minimum absolute atomic E-state index is 0.170. The number of carbonyl (C=O) groups is 1. The van der Waals surface area contributed by atoms with Gasteiger partial charge in [0.05, 0.1) is 0 Å². The molecule has 2 N–H and O–H groups in total. The van der Waals surface area contributed by atoms with Gasteiger partial charge in [-0.1, -0.05) is 6.92 Å². The summed E-state index contributed by atoms with van der Waals surface area (Å²) in [5.41, 5.74) is 0.987. The molecule has 0 atom stereocenters. The molecule has 1 rings (SSSR count). The highest BCUT2D eigenvalue weighted by atomic mass is 16.2. The summed E-state index contributed by atoms with van der Waals surface area (Å²) in [6.45, 7) is 11.1. The summed E-state index contributed by atoms with van der Waals surface area (Å²) in [7, 11) is 0. The zero-order valence-corrected chi connectivity index (χ0v) is 13.6. The Morgan fingerprint density at radius 2 is 1.67 bits per heavy atom. The second-order valence-corrected chi connectivity index (χ2v) is 4.87. The summed E-state index contributed by atoms with van der Waals surface area (Å²) in [5.74, 6) is 1.81. The molecule has 0 unspecified atom stereocenters. The Hall–Kier alpha value is -1.85. The molecule has 0 bridgehead atoms. The molecule has 1 amide bonds. The van der Waals surface area contributed by atoms with Crippen LogP contribution in [0, 0.1) is 6.92 Å². The summed E-state index contributed by atoms with van der Waals surface area (Å²) < 4.78 is 0. The molecule has 0 aliphatic heterocycles. The number of hydrogen-bond donors (Lipinski definition) is 2. The highest BCUT2D eigenvalue weighted by Gasteiger charge is 2.10. The second-order valence-electron chi connectivity index (χ2n) is 4.87. The molecule has 6 heteroatoms. The lowest BCUT2D eigenvalue weighted by atomic mass is 10.3. The van der Waals surface area contributed by atoms with Gasteiger partial charge in [0.25, 0.3) is 0 Å². The van der Waals surface area contributed by atoms with E-state index in [1.807, 2.05) is 25.7 Å². The van der Waals surface area contributed by atoms with E-state index in [-0.39, 0.29) is 5.91 Å².